The average Bonchev–Trinajstić information content (AvgIpc) is 2.35. The number of ether oxygens (including phenoxy) is 1. The first-order valence-corrected chi connectivity index (χ1v) is 7.07. The molecule has 0 aliphatic rings. The van der Waals surface area contributed by atoms with Crippen molar-refractivity contribution in [2.24, 2.45) is 0 Å². The molecule has 0 spiro atoms. The van der Waals surface area contributed by atoms with E-state index in [2.05, 4.69) is 4.98 Å². The molecule has 0 aliphatic carbocycles. The SMILES string of the molecule is CCS(=O)(=O)N(CCOC)Cc1ccccn1. The van der Waals surface area contributed by atoms with Crippen LogP contribution < -0.4 is 0 Å². The predicted molar refractivity (Wildman–Crippen MR) is 66.0 cm³/mol. The molecule has 1 aromatic heterocycles. The number of hydrogen-bond acceptors (Lipinski definition) is 4. The van der Waals surface area contributed by atoms with Gasteiger partial charge in [-0.05, 0) is 19.1 Å². The van der Waals surface area contributed by atoms with Gasteiger partial charge in [-0.1, -0.05) is 6.07 Å². The number of rotatable bonds is 7. The normalized spacial score (nSPS) is 11.9. The fraction of sp³-hybridized carbons (Fsp3) is 0.545. The summed E-state index contributed by atoms with van der Waals surface area (Å²) in [5.41, 5.74) is 0.737. The van der Waals surface area contributed by atoms with Gasteiger partial charge in [-0.15, -0.1) is 0 Å². The molecule has 0 saturated carbocycles. The molecule has 0 aromatic carbocycles. The maximum atomic E-state index is 11.9. The van der Waals surface area contributed by atoms with Crippen LogP contribution in [0.25, 0.3) is 0 Å². The summed E-state index contributed by atoms with van der Waals surface area (Å²) in [4.78, 5) is 4.13. The second-order valence-electron chi connectivity index (χ2n) is 3.55. The van der Waals surface area contributed by atoms with Crippen LogP contribution in [0, 0.1) is 0 Å². The molecule has 17 heavy (non-hydrogen) atoms. The highest BCUT2D eigenvalue weighted by Crippen LogP contribution is 2.07. The van der Waals surface area contributed by atoms with Gasteiger partial charge in [0, 0.05) is 19.9 Å². The number of aromatic nitrogens is 1. The fourth-order valence-electron chi connectivity index (χ4n) is 1.36. The third-order valence-electron chi connectivity index (χ3n) is 2.37. The largest absolute Gasteiger partial charge is 0.383 e. The molecule has 1 heterocycles. The second-order valence-corrected chi connectivity index (χ2v) is 5.81. The number of methoxy groups -OCH3 is 1. The molecule has 5 nitrogen and oxygen atoms in total. The lowest BCUT2D eigenvalue weighted by Crippen LogP contribution is -2.34. The molecule has 0 aliphatic heterocycles. The van der Waals surface area contributed by atoms with Crippen molar-refractivity contribution in [2.75, 3.05) is 26.0 Å². The van der Waals surface area contributed by atoms with Crippen LogP contribution >= 0.6 is 0 Å². The Balaban J connectivity index is 2.78. The number of pyridine rings is 1. The van der Waals surface area contributed by atoms with Crippen molar-refractivity contribution in [3.8, 4) is 0 Å². The van der Waals surface area contributed by atoms with E-state index in [1.54, 1.807) is 26.3 Å². The molecule has 0 amide bonds. The Hall–Kier alpha value is -0.980. The third kappa shape index (κ3) is 4.41. The monoisotopic (exact) mass is 258 g/mol. The number of sulfonamides is 1. The van der Waals surface area contributed by atoms with Gasteiger partial charge in [-0.25, -0.2) is 8.42 Å². The van der Waals surface area contributed by atoms with E-state index in [-0.39, 0.29) is 5.75 Å². The van der Waals surface area contributed by atoms with Crippen molar-refractivity contribution in [3.63, 3.8) is 0 Å². The molecule has 0 radical (unpaired) electrons. The molecule has 0 bridgehead atoms. The Kier molecular flexibility index (Phi) is 5.54. The van der Waals surface area contributed by atoms with Crippen LogP contribution in [-0.4, -0.2) is 43.7 Å². The molecule has 1 aromatic rings. The number of hydrogen-bond donors (Lipinski definition) is 0. The molecule has 0 N–H and O–H groups in total. The van der Waals surface area contributed by atoms with Gasteiger partial charge in [0.25, 0.3) is 0 Å². The van der Waals surface area contributed by atoms with E-state index < -0.39 is 10.0 Å². The molecule has 0 atom stereocenters. The number of nitrogens with zero attached hydrogens (tertiary/aromatic N) is 2. The van der Waals surface area contributed by atoms with Crippen LogP contribution in [0.4, 0.5) is 0 Å². The Morgan fingerprint density at radius 3 is 2.71 bits per heavy atom. The first kappa shape index (κ1) is 14.1. The van der Waals surface area contributed by atoms with Crippen molar-refractivity contribution < 1.29 is 13.2 Å². The molecule has 6 heteroatoms. The molecular formula is C11H18N2O3S. The fourth-order valence-corrected chi connectivity index (χ4v) is 2.41. The van der Waals surface area contributed by atoms with Crippen LogP contribution in [0.5, 0.6) is 0 Å². The summed E-state index contributed by atoms with van der Waals surface area (Å²) in [5.74, 6) is 0.0869. The minimum absolute atomic E-state index is 0.0869. The van der Waals surface area contributed by atoms with Crippen LogP contribution in [0.3, 0.4) is 0 Å². The van der Waals surface area contributed by atoms with Crippen molar-refractivity contribution in [1.82, 2.24) is 9.29 Å². The van der Waals surface area contributed by atoms with E-state index >= 15 is 0 Å². The zero-order chi connectivity index (χ0) is 12.7. The van der Waals surface area contributed by atoms with Crippen molar-refractivity contribution >= 4 is 10.0 Å². The summed E-state index contributed by atoms with van der Waals surface area (Å²) in [5, 5.41) is 0. The van der Waals surface area contributed by atoms with Crippen molar-refractivity contribution in [1.29, 1.82) is 0 Å². The highest BCUT2D eigenvalue weighted by molar-refractivity contribution is 7.89. The molecule has 0 fully saturated rings. The Morgan fingerprint density at radius 1 is 1.41 bits per heavy atom. The molecule has 0 saturated heterocycles. The van der Waals surface area contributed by atoms with Gasteiger partial charge in [0.1, 0.15) is 0 Å². The summed E-state index contributed by atoms with van der Waals surface area (Å²) in [6.45, 7) is 2.66. The zero-order valence-corrected chi connectivity index (χ0v) is 11.0. The van der Waals surface area contributed by atoms with Crippen LogP contribution in [0.15, 0.2) is 24.4 Å². The molecule has 0 unspecified atom stereocenters. The van der Waals surface area contributed by atoms with E-state index in [0.717, 1.165) is 5.69 Å². The summed E-state index contributed by atoms with van der Waals surface area (Å²) in [6.07, 6.45) is 1.66. The van der Waals surface area contributed by atoms with E-state index in [9.17, 15) is 8.42 Å². The molecule has 1 rings (SSSR count). The predicted octanol–water partition coefficient (Wildman–Crippen LogP) is 0.880. The lowest BCUT2D eigenvalue weighted by molar-refractivity contribution is 0.177. The van der Waals surface area contributed by atoms with Gasteiger partial charge in [-0.3, -0.25) is 4.98 Å². The average molecular weight is 258 g/mol. The maximum absolute atomic E-state index is 11.9. The van der Waals surface area contributed by atoms with Gasteiger partial charge >= 0.3 is 0 Å². The van der Waals surface area contributed by atoms with Gasteiger partial charge < -0.3 is 4.74 Å². The Bertz CT molecular complexity index is 420. The Morgan fingerprint density at radius 2 is 2.18 bits per heavy atom. The zero-order valence-electron chi connectivity index (χ0n) is 10.2. The van der Waals surface area contributed by atoms with E-state index in [0.29, 0.717) is 19.7 Å². The minimum atomic E-state index is -3.22. The standard InChI is InChI=1S/C11H18N2O3S/c1-3-17(14,15)13(8-9-16-2)10-11-6-4-5-7-12-11/h4-7H,3,8-10H2,1-2H3. The summed E-state index contributed by atoms with van der Waals surface area (Å²) in [6, 6.07) is 5.46. The molecular weight excluding hydrogens is 240 g/mol. The highest BCUT2D eigenvalue weighted by Gasteiger charge is 2.20. The van der Waals surface area contributed by atoms with Crippen LogP contribution in [0.1, 0.15) is 12.6 Å². The quantitative estimate of drug-likeness (QED) is 0.728. The first-order valence-electron chi connectivity index (χ1n) is 5.47. The summed E-state index contributed by atoms with van der Waals surface area (Å²) < 4.78 is 30.0. The Labute approximate surface area is 102 Å². The molecule has 96 valence electrons. The lowest BCUT2D eigenvalue weighted by Gasteiger charge is -2.20. The van der Waals surface area contributed by atoms with Crippen LogP contribution in [-0.2, 0) is 21.3 Å². The lowest BCUT2D eigenvalue weighted by atomic mass is 10.3. The minimum Gasteiger partial charge on any atom is -0.383 e. The topological polar surface area (TPSA) is 59.5 Å². The van der Waals surface area contributed by atoms with Crippen molar-refractivity contribution in [2.45, 2.75) is 13.5 Å². The van der Waals surface area contributed by atoms with Gasteiger partial charge in [0.15, 0.2) is 0 Å². The summed E-state index contributed by atoms with van der Waals surface area (Å²) in [7, 11) is -1.66. The first-order chi connectivity index (χ1) is 8.10. The second kappa shape index (κ2) is 6.68. The van der Waals surface area contributed by atoms with E-state index in [1.165, 1.54) is 4.31 Å². The van der Waals surface area contributed by atoms with Crippen LogP contribution in [0.2, 0.25) is 0 Å². The van der Waals surface area contributed by atoms with Gasteiger partial charge in [-0.2, -0.15) is 4.31 Å². The highest BCUT2D eigenvalue weighted by atomic mass is 32.2. The van der Waals surface area contributed by atoms with E-state index in [4.69, 9.17) is 4.74 Å². The van der Waals surface area contributed by atoms with E-state index in [1.807, 2.05) is 12.1 Å². The summed E-state index contributed by atoms with van der Waals surface area (Å²) >= 11 is 0. The smallest absolute Gasteiger partial charge is 0.214 e. The van der Waals surface area contributed by atoms with Gasteiger partial charge in [0.05, 0.1) is 24.6 Å². The van der Waals surface area contributed by atoms with Crippen molar-refractivity contribution in [3.05, 3.63) is 30.1 Å². The third-order valence-corrected chi connectivity index (χ3v) is 4.20. The maximum Gasteiger partial charge on any atom is 0.214 e. The van der Waals surface area contributed by atoms with Gasteiger partial charge in [0.2, 0.25) is 10.0 Å².